The van der Waals surface area contributed by atoms with Crippen molar-refractivity contribution in [3.63, 3.8) is 0 Å². The molecule has 2 aromatic rings. The molecule has 1 saturated heterocycles. The highest BCUT2D eigenvalue weighted by molar-refractivity contribution is 6.32. The van der Waals surface area contributed by atoms with Gasteiger partial charge in [0.15, 0.2) is 5.82 Å². The van der Waals surface area contributed by atoms with E-state index >= 15 is 0 Å². The lowest BCUT2D eigenvalue weighted by Crippen LogP contribution is -2.34. The van der Waals surface area contributed by atoms with Crippen LogP contribution in [-0.4, -0.2) is 39.2 Å². The molecule has 1 aromatic heterocycles. The van der Waals surface area contributed by atoms with E-state index in [0.717, 1.165) is 31.8 Å². The fraction of sp³-hybridized carbons (Fsp3) is 0.579. The smallest absolute Gasteiger partial charge is 0.224 e. The second-order valence-electron chi connectivity index (χ2n) is 7.73. The number of amides is 1. The normalized spacial score (nSPS) is 20.3. The number of carbonyl (C=O) groups is 1. The number of anilines is 1. The van der Waals surface area contributed by atoms with Crippen molar-refractivity contribution in [2.45, 2.75) is 44.9 Å². The Bertz CT molecular complexity index is 817. The molecule has 1 saturated carbocycles. The Balaban J connectivity index is 0.00000225. The third-order valence-corrected chi connectivity index (χ3v) is 5.86. The second kappa shape index (κ2) is 9.20. The third-order valence-electron chi connectivity index (χ3n) is 5.54. The standard InChI is InChI=1S/C19H25ClN6O.ClH/c1-12(14-3-2-8-21-11-14)9-18(27)22-15-6-7-16(20)17(10-15)26-19(13-4-5-13)23-24-25-26;/h6-7,10,12-14,21H,2-5,8-9,11H2,1H3,(H,22,27);1H. The number of rotatable bonds is 6. The summed E-state index contributed by atoms with van der Waals surface area (Å²) >= 11 is 6.37. The summed E-state index contributed by atoms with van der Waals surface area (Å²) in [5, 5.41) is 19.0. The Morgan fingerprint density at radius 2 is 2.21 bits per heavy atom. The number of hydrogen-bond acceptors (Lipinski definition) is 5. The van der Waals surface area contributed by atoms with Gasteiger partial charge in [0.25, 0.3) is 0 Å². The van der Waals surface area contributed by atoms with Gasteiger partial charge in [-0.2, -0.15) is 4.68 Å². The van der Waals surface area contributed by atoms with Crippen LogP contribution in [0.1, 0.15) is 50.8 Å². The van der Waals surface area contributed by atoms with Crippen LogP contribution in [0.25, 0.3) is 5.69 Å². The Hall–Kier alpha value is -1.70. The van der Waals surface area contributed by atoms with Gasteiger partial charge in [-0.05, 0) is 79.2 Å². The van der Waals surface area contributed by atoms with Crippen molar-refractivity contribution >= 4 is 35.6 Å². The molecule has 0 radical (unpaired) electrons. The molecule has 28 heavy (non-hydrogen) atoms. The van der Waals surface area contributed by atoms with E-state index in [1.54, 1.807) is 10.7 Å². The second-order valence-corrected chi connectivity index (χ2v) is 8.13. The highest BCUT2D eigenvalue weighted by atomic mass is 35.5. The number of aromatic nitrogens is 4. The van der Waals surface area contributed by atoms with Gasteiger partial charge in [-0.3, -0.25) is 4.79 Å². The molecule has 7 nitrogen and oxygen atoms in total. The molecule has 9 heteroatoms. The first kappa shape index (κ1) is 21.0. The number of piperidine rings is 1. The first-order valence-corrected chi connectivity index (χ1v) is 10.1. The molecule has 152 valence electrons. The predicted octanol–water partition coefficient (Wildman–Crippen LogP) is 3.58. The maximum absolute atomic E-state index is 12.5. The van der Waals surface area contributed by atoms with Crippen LogP contribution >= 0.6 is 24.0 Å². The average molecular weight is 425 g/mol. The van der Waals surface area contributed by atoms with E-state index < -0.39 is 0 Å². The highest BCUT2D eigenvalue weighted by Crippen LogP contribution is 2.40. The molecule has 2 atom stereocenters. The summed E-state index contributed by atoms with van der Waals surface area (Å²) in [6, 6.07) is 5.44. The van der Waals surface area contributed by atoms with Crippen molar-refractivity contribution in [1.29, 1.82) is 0 Å². The summed E-state index contributed by atoms with van der Waals surface area (Å²) in [7, 11) is 0. The lowest BCUT2D eigenvalue weighted by Gasteiger charge is -2.28. The monoisotopic (exact) mass is 424 g/mol. The Kier molecular flexibility index (Phi) is 6.91. The number of tetrazole rings is 1. The molecule has 2 N–H and O–H groups in total. The number of nitrogens with one attached hydrogen (secondary N) is 2. The average Bonchev–Trinajstić information content (AvgIpc) is 3.41. The SMILES string of the molecule is CC(CC(=O)Nc1ccc(Cl)c(-n2nnnc2C2CC2)c1)C1CCCNC1.Cl. The van der Waals surface area contributed by atoms with E-state index in [1.165, 1.54) is 12.8 Å². The topological polar surface area (TPSA) is 84.7 Å². The van der Waals surface area contributed by atoms with E-state index in [-0.39, 0.29) is 18.3 Å². The minimum absolute atomic E-state index is 0. The minimum atomic E-state index is 0. The van der Waals surface area contributed by atoms with E-state index in [9.17, 15) is 4.79 Å². The zero-order valence-corrected chi connectivity index (χ0v) is 17.5. The van der Waals surface area contributed by atoms with E-state index in [2.05, 4.69) is 33.1 Å². The van der Waals surface area contributed by atoms with Crippen molar-refractivity contribution in [2.75, 3.05) is 18.4 Å². The molecule has 0 bridgehead atoms. The Morgan fingerprint density at radius 3 is 2.93 bits per heavy atom. The van der Waals surface area contributed by atoms with Crippen LogP contribution in [0.5, 0.6) is 0 Å². The van der Waals surface area contributed by atoms with Crippen molar-refractivity contribution < 1.29 is 4.79 Å². The number of halogens is 2. The summed E-state index contributed by atoms with van der Waals surface area (Å²) in [6.07, 6.45) is 5.09. The third kappa shape index (κ3) is 4.82. The van der Waals surface area contributed by atoms with Crippen LogP contribution in [-0.2, 0) is 4.79 Å². The van der Waals surface area contributed by atoms with Gasteiger partial charge in [0.1, 0.15) is 0 Å². The molecule has 2 fully saturated rings. The van der Waals surface area contributed by atoms with Crippen molar-refractivity contribution in [3.05, 3.63) is 29.0 Å². The Morgan fingerprint density at radius 1 is 1.39 bits per heavy atom. The van der Waals surface area contributed by atoms with Crippen molar-refractivity contribution in [3.8, 4) is 5.69 Å². The molecule has 1 aromatic carbocycles. The molecule has 1 amide bonds. The summed E-state index contributed by atoms with van der Waals surface area (Å²) in [6.45, 7) is 4.25. The van der Waals surface area contributed by atoms with E-state index in [0.29, 0.717) is 40.6 Å². The number of benzene rings is 1. The molecule has 2 heterocycles. The van der Waals surface area contributed by atoms with Gasteiger partial charge < -0.3 is 10.6 Å². The molecule has 1 aliphatic carbocycles. The number of carbonyl (C=O) groups excluding carboxylic acids is 1. The quantitative estimate of drug-likeness (QED) is 0.739. The van der Waals surface area contributed by atoms with Gasteiger partial charge in [-0.1, -0.05) is 18.5 Å². The summed E-state index contributed by atoms with van der Waals surface area (Å²) in [4.78, 5) is 12.5. The maximum Gasteiger partial charge on any atom is 0.224 e. The van der Waals surface area contributed by atoms with Crippen LogP contribution in [0.3, 0.4) is 0 Å². The van der Waals surface area contributed by atoms with Crippen molar-refractivity contribution in [2.24, 2.45) is 11.8 Å². The van der Waals surface area contributed by atoms with E-state index in [1.807, 2.05) is 12.1 Å². The molecular weight excluding hydrogens is 399 g/mol. The lowest BCUT2D eigenvalue weighted by molar-refractivity contribution is -0.117. The van der Waals surface area contributed by atoms with Gasteiger partial charge in [0.05, 0.1) is 10.7 Å². The largest absolute Gasteiger partial charge is 0.326 e. The first-order valence-electron chi connectivity index (χ1n) is 9.70. The summed E-state index contributed by atoms with van der Waals surface area (Å²) < 4.78 is 1.69. The van der Waals surface area contributed by atoms with Crippen LogP contribution in [0.2, 0.25) is 5.02 Å². The predicted molar refractivity (Wildman–Crippen MR) is 111 cm³/mol. The lowest BCUT2D eigenvalue weighted by atomic mass is 9.85. The number of nitrogens with zero attached hydrogens (tertiary/aromatic N) is 4. The van der Waals surface area contributed by atoms with Crippen LogP contribution < -0.4 is 10.6 Å². The molecule has 2 unspecified atom stereocenters. The molecular formula is C19H26Cl2N6O. The molecule has 4 rings (SSSR count). The fourth-order valence-corrected chi connectivity index (χ4v) is 3.95. The summed E-state index contributed by atoms with van der Waals surface area (Å²) in [5.41, 5.74) is 1.41. The van der Waals surface area contributed by atoms with Crippen LogP contribution in [0.4, 0.5) is 5.69 Å². The summed E-state index contributed by atoms with van der Waals surface area (Å²) in [5.74, 6) is 2.18. The zero-order chi connectivity index (χ0) is 18.8. The van der Waals surface area contributed by atoms with Crippen LogP contribution in [0, 0.1) is 11.8 Å². The van der Waals surface area contributed by atoms with Gasteiger partial charge in [-0.25, -0.2) is 0 Å². The van der Waals surface area contributed by atoms with Gasteiger partial charge in [0.2, 0.25) is 5.91 Å². The fourth-order valence-electron chi connectivity index (χ4n) is 3.75. The molecule has 2 aliphatic rings. The maximum atomic E-state index is 12.5. The molecule has 1 aliphatic heterocycles. The van der Waals surface area contributed by atoms with Gasteiger partial charge >= 0.3 is 0 Å². The van der Waals surface area contributed by atoms with E-state index in [4.69, 9.17) is 11.6 Å². The van der Waals surface area contributed by atoms with Crippen LogP contribution in [0.15, 0.2) is 18.2 Å². The van der Waals surface area contributed by atoms with Crippen molar-refractivity contribution in [1.82, 2.24) is 25.5 Å². The van der Waals surface area contributed by atoms with Gasteiger partial charge in [-0.15, -0.1) is 17.5 Å². The Labute approximate surface area is 176 Å². The van der Waals surface area contributed by atoms with Gasteiger partial charge in [0, 0.05) is 18.0 Å². The number of hydrogen-bond donors (Lipinski definition) is 2. The highest BCUT2D eigenvalue weighted by Gasteiger charge is 2.30. The first-order chi connectivity index (χ1) is 13.1. The molecule has 0 spiro atoms. The zero-order valence-electron chi connectivity index (χ0n) is 15.9. The minimum Gasteiger partial charge on any atom is -0.326 e.